The molecule has 0 saturated carbocycles. The first-order valence-electron chi connectivity index (χ1n) is 5.20. The molecule has 5 heteroatoms. The molecule has 2 rings (SSSR count). The van der Waals surface area contributed by atoms with Crippen molar-refractivity contribution in [3.05, 3.63) is 32.2 Å². The minimum Gasteiger partial charge on any atom is -0.312 e. The molecule has 0 bridgehead atoms. The summed E-state index contributed by atoms with van der Waals surface area (Å²) in [5.74, 6) is 0. The molecule has 1 atom stereocenters. The van der Waals surface area contributed by atoms with Crippen molar-refractivity contribution in [3.8, 4) is 0 Å². The lowest BCUT2D eigenvalue weighted by molar-refractivity contribution is 0.596. The number of hydrogen-bond donors (Lipinski definition) is 1. The zero-order valence-electron chi connectivity index (χ0n) is 9.65. The van der Waals surface area contributed by atoms with E-state index in [2.05, 4.69) is 29.1 Å². The highest BCUT2D eigenvalue weighted by atomic mass is 32.1. The highest BCUT2D eigenvalue weighted by Crippen LogP contribution is 2.27. The van der Waals surface area contributed by atoms with Gasteiger partial charge in [0.15, 0.2) is 0 Å². The second-order valence-electron chi connectivity index (χ2n) is 3.65. The van der Waals surface area contributed by atoms with Crippen molar-refractivity contribution in [2.75, 3.05) is 7.05 Å². The number of hydrogen-bond acceptors (Lipinski definition) is 5. The Morgan fingerprint density at radius 1 is 1.44 bits per heavy atom. The molecule has 0 saturated heterocycles. The molecular weight excluding hydrogens is 238 g/mol. The number of likely N-dealkylation sites (N-methyl/N-ethyl adjacent to an activating group) is 1. The number of aromatic nitrogens is 2. The van der Waals surface area contributed by atoms with Crippen LogP contribution < -0.4 is 5.32 Å². The van der Waals surface area contributed by atoms with Crippen LogP contribution in [0.5, 0.6) is 0 Å². The van der Waals surface area contributed by atoms with Gasteiger partial charge >= 0.3 is 0 Å². The zero-order chi connectivity index (χ0) is 11.5. The Bertz CT molecular complexity index is 448. The van der Waals surface area contributed by atoms with E-state index in [-0.39, 0.29) is 0 Å². The van der Waals surface area contributed by atoms with Crippen molar-refractivity contribution >= 4 is 22.7 Å². The Kier molecular flexibility index (Phi) is 3.68. The SMILES string of the molecule is CNC(Cc1nccs1)c1sc(C)nc1C. The van der Waals surface area contributed by atoms with Gasteiger partial charge in [0.25, 0.3) is 0 Å². The van der Waals surface area contributed by atoms with Crippen LogP contribution >= 0.6 is 22.7 Å². The first kappa shape index (κ1) is 11.7. The monoisotopic (exact) mass is 253 g/mol. The predicted octanol–water partition coefficient (Wildman–Crippen LogP) is 2.72. The van der Waals surface area contributed by atoms with E-state index in [0.717, 1.165) is 17.1 Å². The van der Waals surface area contributed by atoms with Crippen molar-refractivity contribution < 1.29 is 0 Å². The van der Waals surface area contributed by atoms with E-state index in [1.54, 1.807) is 22.7 Å². The Hall–Kier alpha value is -0.780. The molecule has 2 aromatic heterocycles. The molecule has 3 nitrogen and oxygen atoms in total. The third-order valence-electron chi connectivity index (χ3n) is 2.47. The molecule has 2 aromatic rings. The van der Waals surface area contributed by atoms with E-state index in [0.29, 0.717) is 6.04 Å². The second-order valence-corrected chi connectivity index (χ2v) is 5.87. The van der Waals surface area contributed by atoms with Crippen LogP contribution in [-0.2, 0) is 6.42 Å². The Labute approximate surface area is 104 Å². The fourth-order valence-corrected chi connectivity index (χ4v) is 3.43. The Morgan fingerprint density at radius 3 is 2.75 bits per heavy atom. The maximum atomic E-state index is 4.47. The summed E-state index contributed by atoms with van der Waals surface area (Å²) in [5.41, 5.74) is 1.14. The molecule has 1 N–H and O–H groups in total. The van der Waals surface area contributed by atoms with Gasteiger partial charge in [-0.15, -0.1) is 22.7 Å². The van der Waals surface area contributed by atoms with Gasteiger partial charge in [-0.1, -0.05) is 0 Å². The summed E-state index contributed by atoms with van der Waals surface area (Å²) in [5, 5.41) is 7.67. The lowest BCUT2D eigenvalue weighted by Gasteiger charge is -2.13. The highest BCUT2D eigenvalue weighted by molar-refractivity contribution is 7.11. The smallest absolute Gasteiger partial charge is 0.0944 e. The molecule has 1 unspecified atom stereocenters. The zero-order valence-corrected chi connectivity index (χ0v) is 11.3. The summed E-state index contributed by atoms with van der Waals surface area (Å²) in [6.07, 6.45) is 2.80. The molecule has 86 valence electrons. The predicted molar refractivity (Wildman–Crippen MR) is 69.2 cm³/mol. The third kappa shape index (κ3) is 2.48. The van der Waals surface area contributed by atoms with Crippen LogP contribution in [0.1, 0.15) is 26.6 Å². The molecular formula is C11H15N3S2. The minimum absolute atomic E-state index is 0.331. The Balaban J connectivity index is 2.19. The van der Waals surface area contributed by atoms with Crippen LogP contribution in [0, 0.1) is 13.8 Å². The van der Waals surface area contributed by atoms with Crippen LogP contribution in [-0.4, -0.2) is 17.0 Å². The number of thiazole rings is 2. The summed E-state index contributed by atoms with van der Waals surface area (Å²) in [7, 11) is 1.99. The lowest BCUT2D eigenvalue weighted by atomic mass is 10.1. The number of nitrogens with one attached hydrogen (secondary N) is 1. The summed E-state index contributed by atoms with van der Waals surface area (Å²) in [6, 6.07) is 0.331. The maximum Gasteiger partial charge on any atom is 0.0944 e. The van der Waals surface area contributed by atoms with Gasteiger partial charge < -0.3 is 5.32 Å². The number of nitrogens with zero attached hydrogens (tertiary/aromatic N) is 2. The van der Waals surface area contributed by atoms with E-state index in [9.17, 15) is 0 Å². The van der Waals surface area contributed by atoms with Gasteiger partial charge in [-0.3, -0.25) is 0 Å². The van der Waals surface area contributed by atoms with Gasteiger partial charge in [0.05, 0.1) is 15.7 Å². The molecule has 0 aliphatic rings. The molecule has 0 radical (unpaired) electrons. The van der Waals surface area contributed by atoms with Gasteiger partial charge in [-0.05, 0) is 20.9 Å². The normalized spacial score (nSPS) is 12.9. The van der Waals surface area contributed by atoms with E-state index in [4.69, 9.17) is 0 Å². The summed E-state index contributed by atoms with van der Waals surface area (Å²) >= 11 is 3.48. The van der Waals surface area contributed by atoms with Gasteiger partial charge in [-0.25, -0.2) is 9.97 Å². The number of aryl methyl sites for hydroxylation is 2. The molecule has 0 amide bonds. The van der Waals surface area contributed by atoms with E-state index in [1.165, 1.54) is 9.88 Å². The Morgan fingerprint density at radius 2 is 2.25 bits per heavy atom. The van der Waals surface area contributed by atoms with Crippen molar-refractivity contribution in [1.82, 2.24) is 15.3 Å². The molecule has 0 aliphatic heterocycles. The third-order valence-corrected chi connectivity index (χ3v) is 4.46. The molecule has 16 heavy (non-hydrogen) atoms. The average Bonchev–Trinajstić information content (AvgIpc) is 2.85. The highest BCUT2D eigenvalue weighted by Gasteiger charge is 2.17. The van der Waals surface area contributed by atoms with Gasteiger partial charge in [0.2, 0.25) is 0 Å². The van der Waals surface area contributed by atoms with Crippen LogP contribution in [0.3, 0.4) is 0 Å². The van der Waals surface area contributed by atoms with E-state index in [1.807, 2.05) is 18.6 Å². The summed E-state index contributed by atoms with van der Waals surface area (Å²) in [6.45, 7) is 4.13. The van der Waals surface area contributed by atoms with Crippen molar-refractivity contribution in [3.63, 3.8) is 0 Å². The van der Waals surface area contributed by atoms with Gasteiger partial charge in [0, 0.05) is 28.9 Å². The lowest BCUT2D eigenvalue weighted by Crippen LogP contribution is -2.18. The molecule has 0 aromatic carbocycles. The first-order valence-corrected chi connectivity index (χ1v) is 6.90. The van der Waals surface area contributed by atoms with Crippen LogP contribution in [0.15, 0.2) is 11.6 Å². The molecule has 0 fully saturated rings. The fraction of sp³-hybridized carbons (Fsp3) is 0.455. The van der Waals surface area contributed by atoms with Gasteiger partial charge in [-0.2, -0.15) is 0 Å². The van der Waals surface area contributed by atoms with Crippen molar-refractivity contribution in [1.29, 1.82) is 0 Å². The largest absolute Gasteiger partial charge is 0.312 e. The standard InChI is InChI=1S/C11H15N3S2/c1-7-11(16-8(2)14-7)9(12-3)6-10-13-4-5-15-10/h4-5,9,12H,6H2,1-3H3. The van der Waals surface area contributed by atoms with Crippen LogP contribution in [0.4, 0.5) is 0 Å². The van der Waals surface area contributed by atoms with Crippen LogP contribution in [0.25, 0.3) is 0 Å². The average molecular weight is 253 g/mol. The quantitative estimate of drug-likeness (QED) is 0.910. The topological polar surface area (TPSA) is 37.8 Å². The number of rotatable bonds is 4. The molecule has 0 spiro atoms. The summed E-state index contributed by atoms with van der Waals surface area (Å²) in [4.78, 5) is 10.1. The summed E-state index contributed by atoms with van der Waals surface area (Å²) < 4.78 is 0. The maximum absolute atomic E-state index is 4.47. The molecule has 0 aliphatic carbocycles. The minimum atomic E-state index is 0.331. The van der Waals surface area contributed by atoms with Crippen molar-refractivity contribution in [2.24, 2.45) is 0 Å². The second kappa shape index (κ2) is 5.03. The van der Waals surface area contributed by atoms with Crippen molar-refractivity contribution in [2.45, 2.75) is 26.3 Å². The van der Waals surface area contributed by atoms with E-state index >= 15 is 0 Å². The first-order chi connectivity index (χ1) is 7.70. The van der Waals surface area contributed by atoms with E-state index < -0.39 is 0 Å². The fourth-order valence-electron chi connectivity index (χ4n) is 1.72. The van der Waals surface area contributed by atoms with Gasteiger partial charge in [0.1, 0.15) is 0 Å². The molecule has 2 heterocycles. The van der Waals surface area contributed by atoms with Crippen LogP contribution in [0.2, 0.25) is 0 Å².